The minimum atomic E-state index is -0.266. The first-order valence-corrected chi connectivity index (χ1v) is 9.25. The Morgan fingerprint density at radius 3 is 2.52 bits per heavy atom. The van der Waals surface area contributed by atoms with Crippen LogP contribution in [0, 0.1) is 0 Å². The molecule has 0 unspecified atom stereocenters. The predicted molar refractivity (Wildman–Crippen MR) is 99.1 cm³/mol. The zero-order chi connectivity index (χ0) is 17.9. The molecule has 0 fully saturated rings. The van der Waals surface area contributed by atoms with E-state index in [9.17, 15) is 9.59 Å². The number of hydrogen-bond acceptors (Lipinski definition) is 3. The number of carbonyl (C=O) groups is 2. The first-order valence-electron chi connectivity index (χ1n) is 9.25. The van der Waals surface area contributed by atoms with Crippen LogP contribution in [0.4, 0.5) is 0 Å². The topological polar surface area (TPSA) is 46.6 Å². The molecule has 1 aliphatic rings. The van der Waals surface area contributed by atoms with Gasteiger partial charge in [-0.25, -0.2) is 0 Å². The molecule has 0 bridgehead atoms. The number of nitrogens with zero attached hydrogens (tertiary/aromatic N) is 1. The maximum absolute atomic E-state index is 12.6. The summed E-state index contributed by atoms with van der Waals surface area (Å²) < 4.78 is 4.72. The molecule has 0 aliphatic heterocycles. The van der Waals surface area contributed by atoms with Crippen molar-refractivity contribution in [1.82, 2.24) is 4.90 Å². The molecule has 0 radical (unpaired) electrons. The van der Waals surface area contributed by atoms with E-state index in [-0.39, 0.29) is 18.3 Å². The molecule has 0 saturated carbocycles. The molecule has 0 N–H and O–H groups in total. The minimum absolute atomic E-state index is 0.115. The molecule has 0 spiro atoms. The van der Waals surface area contributed by atoms with Crippen LogP contribution in [0.1, 0.15) is 50.5 Å². The van der Waals surface area contributed by atoms with Gasteiger partial charge in [-0.15, -0.1) is 0 Å². The Balaban J connectivity index is 1.88. The Bertz CT molecular complexity index is 580. The maximum Gasteiger partial charge on any atom is 0.307 e. The fourth-order valence-electron chi connectivity index (χ4n) is 3.15. The summed E-state index contributed by atoms with van der Waals surface area (Å²) in [5, 5.41) is 0. The number of amides is 1. The standard InChI is InChI=1S/C21H29NO3/c1-25-21(24)15-17-22(16-14-19-10-6-3-7-11-19)20(23)13-12-18-8-4-2-5-9-18/h2,4-5,8-10H,3,6-7,11-17H2,1H3. The Labute approximate surface area is 150 Å². The van der Waals surface area contributed by atoms with E-state index in [1.54, 1.807) is 0 Å². The van der Waals surface area contributed by atoms with Crippen molar-refractivity contribution < 1.29 is 14.3 Å². The maximum atomic E-state index is 12.6. The van der Waals surface area contributed by atoms with Crippen molar-refractivity contribution in [3.05, 3.63) is 47.5 Å². The van der Waals surface area contributed by atoms with Crippen molar-refractivity contribution in [2.24, 2.45) is 0 Å². The average Bonchev–Trinajstić information content (AvgIpc) is 2.67. The van der Waals surface area contributed by atoms with Gasteiger partial charge in [0.15, 0.2) is 0 Å². The minimum Gasteiger partial charge on any atom is -0.469 e. The molecule has 0 saturated heterocycles. The predicted octanol–water partition coefficient (Wildman–Crippen LogP) is 3.90. The van der Waals surface area contributed by atoms with Crippen LogP contribution in [0.3, 0.4) is 0 Å². The monoisotopic (exact) mass is 343 g/mol. The molecule has 4 heteroatoms. The summed E-state index contributed by atoms with van der Waals surface area (Å²) in [5.41, 5.74) is 2.61. The van der Waals surface area contributed by atoms with Gasteiger partial charge >= 0.3 is 5.97 Å². The lowest BCUT2D eigenvalue weighted by molar-refractivity contribution is -0.141. The van der Waals surface area contributed by atoms with Gasteiger partial charge < -0.3 is 9.64 Å². The van der Waals surface area contributed by atoms with Crippen molar-refractivity contribution in [2.75, 3.05) is 20.2 Å². The Morgan fingerprint density at radius 1 is 1.04 bits per heavy atom. The molecule has 25 heavy (non-hydrogen) atoms. The van der Waals surface area contributed by atoms with Crippen LogP contribution in [-0.4, -0.2) is 37.0 Å². The Hall–Kier alpha value is -2.10. The quantitative estimate of drug-likeness (QED) is 0.505. The van der Waals surface area contributed by atoms with Crippen LogP contribution in [0.2, 0.25) is 0 Å². The molecule has 136 valence electrons. The van der Waals surface area contributed by atoms with Crippen LogP contribution in [0.5, 0.6) is 0 Å². The molecule has 0 aromatic heterocycles. The fourth-order valence-corrected chi connectivity index (χ4v) is 3.15. The van der Waals surface area contributed by atoms with Gasteiger partial charge in [-0.3, -0.25) is 9.59 Å². The number of allylic oxidation sites excluding steroid dienone is 1. The third-order valence-corrected chi connectivity index (χ3v) is 4.72. The lowest BCUT2D eigenvalue weighted by Gasteiger charge is -2.24. The van der Waals surface area contributed by atoms with E-state index in [0.29, 0.717) is 19.5 Å². The largest absolute Gasteiger partial charge is 0.469 e. The first-order chi connectivity index (χ1) is 12.2. The summed E-state index contributed by atoms with van der Waals surface area (Å²) in [7, 11) is 1.39. The Morgan fingerprint density at radius 2 is 1.84 bits per heavy atom. The van der Waals surface area contributed by atoms with Gasteiger partial charge in [-0.05, 0) is 44.1 Å². The van der Waals surface area contributed by atoms with Crippen LogP contribution < -0.4 is 0 Å². The van der Waals surface area contributed by atoms with Gasteiger partial charge in [0.1, 0.15) is 0 Å². The van der Waals surface area contributed by atoms with Crippen LogP contribution in [-0.2, 0) is 20.7 Å². The average molecular weight is 343 g/mol. The van der Waals surface area contributed by atoms with Crippen LogP contribution in [0.25, 0.3) is 0 Å². The summed E-state index contributed by atoms with van der Waals surface area (Å²) in [6.45, 7) is 1.13. The van der Waals surface area contributed by atoms with Crippen molar-refractivity contribution in [3.8, 4) is 0 Å². The van der Waals surface area contributed by atoms with E-state index in [4.69, 9.17) is 4.74 Å². The van der Waals surface area contributed by atoms with E-state index in [2.05, 4.69) is 6.08 Å². The molecule has 4 nitrogen and oxygen atoms in total. The zero-order valence-electron chi connectivity index (χ0n) is 15.2. The van der Waals surface area contributed by atoms with E-state index in [1.165, 1.54) is 31.1 Å². The molecule has 0 atom stereocenters. The zero-order valence-corrected chi connectivity index (χ0v) is 15.2. The number of aryl methyl sites for hydroxylation is 1. The van der Waals surface area contributed by atoms with Gasteiger partial charge in [0.05, 0.1) is 13.5 Å². The molecule has 1 aliphatic carbocycles. The highest BCUT2D eigenvalue weighted by Gasteiger charge is 2.16. The number of hydrogen-bond donors (Lipinski definition) is 0. The number of ether oxygens (including phenoxy) is 1. The van der Waals surface area contributed by atoms with E-state index in [1.807, 2.05) is 35.2 Å². The number of esters is 1. The van der Waals surface area contributed by atoms with Crippen LogP contribution >= 0.6 is 0 Å². The number of rotatable bonds is 9. The summed E-state index contributed by atoms with van der Waals surface area (Å²) in [5.74, 6) is -0.151. The summed E-state index contributed by atoms with van der Waals surface area (Å²) in [6.07, 6.45) is 9.51. The highest BCUT2D eigenvalue weighted by atomic mass is 16.5. The second kappa shape index (κ2) is 10.7. The second-order valence-electron chi connectivity index (χ2n) is 6.55. The SMILES string of the molecule is COC(=O)CCN(CCC1=CCCCC1)C(=O)CCc1ccccc1. The second-order valence-corrected chi connectivity index (χ2v) is 6.55. The molecule has 2 rings (SSSR count). The molecule has 1 aromatic rings. The smallest absolute Gasteiger partial charge is 0.307 e. The number of methoxy groups -OCH3 is 1. The summed E-state index contributed by atoms with van der Waals surface area (Å²) >= 11 is 0. The van der Waals surface area contributed by atoms with E-state index in [0.717, 1.165) is 25.7 Å². The summed E-state index contributed by atoms with van der Waals surface area (Å²) in [4.78, 5) is 25.9. The van der Waals surface area contributed by atoms with E-state index >= 15 is 0 Å². The first kappa shape index (κ1) is 19.2. The highest BCUT2D eigenvalue weighted by molar-refractivity contribution is 5.77. The molecular weight excluding hydrogens is 314 g/mol. The lowest BCUT2D eigenvalue weighted by Crippen LogP contribution is -2.34. The van der Waals surface area contributed by atoms with Crippen molar-refractivity contribution in [3.63, 3.8) is 0 Å². The van der Waals surface area contributed by atoms with Gasteiger partial charge in [0.25, 0.3) is 0 Å². The van der Waals surface area contributed by atoms with Gasteiger partial charge in [-0.2, -0.15) is 0 Å². The van der Waals surface area contributed by atoms with Gasteiger partial charge in [0, 0.05) is 19.5 Å². The molecule has 1 amide bonds. The van der Waals surface area contributed by atoms with Crippen LogP contribution in [0.15, 0.2) is 42.0 Å². The lowest BCUT2D eigenvalue weighted by atomic mass is 9.97. The fraction of sp³-hybridized carbons (Fsp3) is 0.524. The number of carbonyl (C=O) groups excluding carboxylic acids is 2. The normalized spacial score (nSPS) is 13.9. The molecular formula is C21H29NO3. The third-order valence-electron chi connectivity index (χ3n) is 4.72. The van der Waals surface area contributed by atoms with Crippen molar-refractivity contribution in [2.45, 2.75) is 51.4 Å². The van der Waals surface area contributed by atoms with Crippen molar-refractivity contribution >= 4 is 11.9 Å². The third kappa shape index (κ3) is 7.12. The molecule has 0 heterocycles. The van der Waals surface area contributed by atoms with Crippen molar-refractivity contribution in [1.29, 1.82) is 0 Å². The van der Waals surface area contributed by atoms with E-state index < -0.39 is 0 Å². The van der Waals surface area contributed by atoms with Gasteiger partial charge in [-0.1, -0.05) is 42.0 Å². The Kier molecular flexibility index (Phi) is 8.23. The summed E-state index contributed by atoms with van der Waals surface area (Å²) in [6, 6.07) is 10.0. The van der Waals surface area contributed by atoms with Gasteiger partial charge in [0.2, 0.25) is 5.91 Å². The molecule has 1 aromatic carbocycles. The number of benzene rings is 1. The highest BCUT2D eigenvalue weighted by Crippen LogP contribution is 2.20.